The highest BCUT2D eigenvalue weighted by Gasteiger charge is 2.22. The number of nitroso groups, excluding NO2 is 1. The highest BCUT2D eigenvalue weighted by Crippen LogP contribution is 2.16. The number of Topliss-reactive ketones (excluding diaryl/α,β-unsaturated/α-hetero) is 1. The Morgan fingerprint density at radius 3 is 1.88 bits per heavy atom. The van der Waals surface area contributed by atoms with E-state index < -0.39 is 0 Å². The molecule has 2 heterocycles. The fourth-order valence-corrected chi connectivity index (χ4v) is 3.43. The molecular weight excluding hydrogens is 534 g/mol. The highest BCUT2D eigenvalue weighted by molar-refractivity contribution is 5.97. The molecule has 2 fully saturated rings. The summed E-state index contributed by atoms with van der Waals surface area (Å²) in [4.78, 5) is 34.0. The smallest absolute Gasteiger partial charge is 0.290 e. The number of carbonyl (C=O) groups is 2. The molecular formula is C32H49N5O5. The van der Waals surface area contributed by atoms with Gasteiger partial charge >= 0.3 is 0 Å². The van der Waals surface area contributed by atoms with Gasteiger partial charge in [0.15, 0.2) is 11.7 Å². The Bertz CT molecular complexity index is 1070. The number of carboxylic acid groups (broad SMARTS) is 1. The summed E-state index contributed by atoms with van der Waals surface area (Å²) in [7, 11) is 0. The lowest BCUT2D eigenvalue weighted by Gasteiger charge is -2.03. The molecule has 10 heteroatoms. The zero-order chi connectivity index (χ0) is 31.9. The number of hydrogen-bond donors (Lipinski definition) is 4. The zero-order valence-electron chi connectivity index (χ0n) is 25.7. The maximum absolute atomic E-state index is 11.6. The number of hydrogen-bond acceptors (Lipinski definition) is 7. The number of nitrogens with two attached hydrogens (primary N) is 2. The summed E-state index contributed by atoms with van der Waals surface area (Å²) in [6.07, 6.45) is 4.99. The van der Waals surface area contributed by atoms with Crippen molar-refractivity contribution in [3.63, 3.8) is 0 Å². The first-order valence-corrected chi connectivity index (χ1v) is 14.2. The van der Waals surface area contributed by atoms with Crippen molar-refractivity contribution in [2.45, 2.75) is 72.4 Å². The van der Waals surface area contributed by atoms with Gasteiger partial charge in [-0.05, 0) is 93.6 Å². The van der Waals surface area contributed by atoms with Crippen molar-refractivity contribution in [3.8, 4) is 0 Å². The Hall–Kier alpha value is -3.89. The van der Waals surface area contributed by atoms with Crippen LogP contribution in [0.15, 0.2) is 70.9 Å². The van der Waals surface area contributed by atoms with E-state index in [1.54, 1.807) is 24.3 Å². The monoisotopic (exact) mass is 583 g/mol. The number of ketones is 1. The predicted molar refractivity (Wildman–Crippen MR) is 171 cm³/mol. The number of nitrogens with one attached hydrogen (secondary N) is 1. The molecule has 2 unspecified atom stereocenters. The minimum absolute atomic E-state index is 0.000991. The maximum Gasteiger partial charge on any atom is 0.290 e. The lowest BCUT2D eigenvalue weighted by atomic mass is 10.0. The summed E-state index contributed by atoms with van der Waals surface area (Å²) >= 11 is 0. The summed E-state index contributed by atoms with van der Waals surface area (Å²) < 4.78 is 4.87. The van der Waals surface area contributed by atoms with E-state index in [0.717, 1.165) is 25.0 Å². The van der Waals surface area contributed by atoms with Gasteiger partial charge in [-0.2, -0.15) is 4.91 Å². The van der Waals surface area contributed by atoms with E-state index in [4.69, 9.17) is 26.1 Å². The second-order valence-corrected chi connectivity index (χ2v) is 10.2. The number of guanidine groups is 1. The Kier molecular flexibility index (Phi) is 20.7. The Labute approximate surface area is 250 Å². The molecule has 232 valence electrons. The Morgan fingerprint density at radius 1 is 1.07 bits per heavy atom. The molecule has 42 heavy (non-hydrogen) atoms. The van der Waals surface area contributed by atoms with Crippen LogP contribution in [0.5, 0.6) is 0 Å². The van der Waals surface area contributed by atoms with Gasteiger partial charge in [0.2, 0.25) is 0 Å². The number of aliphatic imine (C=N–C) groups is 1. The summed E-state index contributed by atoms with van der Waals surface area (Å²) in [6, 6.07) is 15.1. The maximum atomic E-state index is 11.6. The van der Waals surface area contributed by atoms with Gasteiger partial charge in [-0.15, -0.1) is 0 Å². The van der Waals surface area contributed by atoms with Gasteiger partial charge in [0.25, 0.3) is 6.47 Å². The lowest BCUT2D eigenvalue weighted by Crippen LogP contribution is -2.21. The molecule has 0 aliphatic carbocycles. The Balaban J connectivity index is 0.000000556. The van der Waals surface area contributed by atoms with Crippen LogP contribution in [0.1, 0.15) is 68.9 Å². The van der Waals surface area contributed by atoms with Gasteiger partial charge < -0.3 is 26.6 Å². The summed E-state index contributed by atoms with van der Waals surface area (Å²) in [5.74, 6) is 0.128. The quantitative estimate of drug-likeness (QED) is 0.0607. The highest BCUT2D eigenvalue weighted by atomic mass is 16.6. The van der Waals surface area contributed by atoms with Crippen LogP contribution in [0.3, 0.4) is 0 Å². The molecule has 0 radical (unpaired) electrons. The van der Waals surface area contributed by atoms with E-state index in [2.05, 4.69) is 53.3 Å². The standard InChI is InChI=1S/C11H15N3O.C11H15NO.C5H8O.C4H9N.CH2O2/c1-7(2)10(15)8-3-5-9(6-4-8)14-11(12)13;1-3-10-4-6-11(7-5-10)8-9(2)12-13;1-4(2)5-3-6-5;1-2-4-5-3-1;2-1-3/h3-7H,1-2H3,(H4,12,13,14);4-7,9H,3,8H2,1-2H3;5H,1,3H2,2H3;5H,1-4H2;1H,(H,2,3). The van der Waals surface area contributed by atoms with Crippen LogP contribution in [0, 0.1) is 10.8 Å². The third-order valence-electron chi connectivity index (χ3n) is 5.92. The fraction of sp³-hybridized carbons (Fsp3) is 0.469. The number of aryl methyl sites for hydroxylation is 1. The molecule has 2 aromatic rings. The average molecular weight is 584 g/mol. The van der Waals surface area contributed by atoms with Crippen molar-refractivity contribution in [3.05, 3.63) is 82.3 Å². The van der Waals surface area contributed by atoms with Crippen molar-refractivity contribution in [1.82, 2.24) is 5.32 Å². The van der Waals surface area contributed by atoms with Crippen LogP contribution in [0.2, 0.25) is 0 Å². The van der Waals surface area contributed by atoms with Crippen molar-refractivity contribution >= 4 is 23.9 Å². The predicted octanol–water partition coefficient (Wildman–Crippen LogP) is 5.41. The SMILES string of the molecule is C1CCNC1.C=C(C)C1CO1.CC(C)C(=O)c1ccc(N=C(N)N)cc1.CCc1ccc(CC(C)N=O)cc1.O=CO. The van der Waals surface area contributed by atoms with Gasteiger partial charge in [0.05, 0.1) is 18.3 Å². The molecule has 0 spiro atoms. The van der Waals surface area contributed by atoms with E-state index in [1.165, 1.54) is 37.1 Å². The van der Waals surface area contributed by atoms with Gasteiger partial charge in [-0.25, -0.2) is 4.99 Å². The van der Waals surface area contributed by atoms with E-state index in [0.29, 0.717) is 17.4 Å². The van der Waals surface area contributed by atoms with Crippen LogP contribution in [0.25, 0.3) is 0 Å². The van der Waals surface area contributed by atoms with Gasteiger partial charge in [0, 0.05) is 11.5 Å². The average Bonchev–Trinajstić information content (AvgIpc) is 3.66. The summed E-state index contributed by atoms with van der Waals surface area (Å²) in [5, 5.41) is 13.1. The number of epoxide rings is 1. The van der Waals surface area contributed by atoms with Crippen LogP contribution < -0.4 is 16.8 Å². The lowest BCUT2D eigenvalue weighted by molar-refractivity contribution is -0.122. The first-order chi connectivity index (χ1) is 20.0. The molecule has 0 amide bonds. The molecule has 2 aliphatic rings. The van der Waals surface area contributed by atoms with Crippen molar-refractivity contribution in [2.24, 2.45) is 27.6 Å². The summed E-state index contributed by atoms with van der Waals surface area (Å²) in [5.41, 5.74) is 15.5. The number of ether oxygens (including phenoxy) is 1. The van der Waals surface area contributed by atoms with Crippen LogP contribution in [0.4, 0.5) is 5.69 Å². The molecule has 0 aromatic heterocycles. The molecule has 2 aliphatic heterocycles. The van der Waals surface area contributed by atoms with Crippen molar-refractivity contribution in [1.29, 1.82) is 0 Å². The number of rotatable bonds is 8. The number of benzene rings is 2. The normalized spacial score (nSPS) is 14.9. The second-order valence-electron chi connectivity index (χ2n) is 10.2. The minimum atomic E-state index is -0.250. The van der Waals surface area contributed by atoms with E-state index >= 15 is 0 Å². The summed E-state index contributed by atoms with van der Waals surface area (Å²) in [6.45, 7) is 16.5. The van der Waals surface area contributed by atoms with Crippen LogP contribution in [-0.4, -0.2) is 55.2 Å². The molecule has 0 saturated carbocycles. The van der Waals surface area contributed by atoms with E-state index in [1.807, 2.05) is 27.7 Å². The van der Waals surface area contributed by atoms with Crippen molar-refractivity contribution in [2.75, 3.05) is 19.7 Å². The first-order valence-electron chi connectivity index (χ1n) is 14.2. The molecule has 4 rings (SSSR count). The largest absolute Gasteiger partial charge is 0.483 e. The minimum Gasteiger partial charge on any atom is -0.483 e. The van der Waals surface area contributed by atoms with E-state index in [-0.39, 0.29) is 30.2 Å². The third-order valence-corrected chi connectivity index (χ3v) is 5.92. The van der Waals surface area contributed by atoms with E-state index in [9.17, 15) is 9.70 Å². The fourth-order valence-electron chi connectivity index (χ4n) is 3.43. The second kappa shape index (κ2) is 22.8. The van der Waals surface area contributed by atoms with Crippen LogP contribution in [-0.2, 0) is 22.4 Å². The van der Waals surface area contributed by atoms with Gasteiger partial charge in [-0.3, -0.25) is 9.59 Å². The number of nitrogens with zero attached hydrogens (tertiary/aromatic N) is 2. The molecule has 2 saturated heterocycles. The van der Waals surface area contributed by atoms with Gasteiger partial charge in [0.1, 0.15) is 6.10 Å². The van der Waals surface area contributed by atoms with Crippen molar-refractivity contribution < 1.29 is 19.4 Å². The van der Waals surface area contributed by atoms with Gasteiger partial charge in [-0.1, -0.05) is 56.8 Å². The topological polar surface area (TPSA) is 173 Å². The van der Waals surface area contributed by atoms with Crippen LogP contribution >= 0.6 is 0 Å². The molecule has 6 N–H and O–H groups in total. The zero-order valence-corrected chi connectivity index (χ0v) is 25.7. The third kappa shape index (κ3) is 19.2. The molecule has 2 aromatic carbocycles. The first kappa shape index (κ1) is 38.1. The molecule has 2 atom stereocenters. The molecule has 10 nitrogen and oxygen atoms in total. The Morgan fingerprint density at radius 2 is 1.57 bits per heavy atom. The number of carbonyl (C=O) groups excluding carboxylic acids is 1. The molecule has 0 bridgehead atoms.